The lowest BCUT2D eigenvalue weighted by atomic mass is 9.97. The maximum absolute atomic E-state index is 13.5. The van der Waals surface area contributed by atoms with E-state index in [0.717, 1.165) is 4.90 Å². The third kappa shape index (κ3) is 4.76. The Morgan fingerprint density at radius 2 is 2.11 bits per heavy atom. The zero-order valence-corrected chi connectivity index (χ0v) is 21.0. The first-order valence-electron chi connectivity index (χ1n) is 13.6. The molecule has 3 heterocycles. The summed E-state index contributed by atoms with van der Waals surface area (Å²) in [6.45, 7) is -0.330. The standard InChI is InChI=1S/C28H28F2N4O4/c1-28(2,3)38-27(36)31-13-6-5-8-16-11-12-18-19(14-16)34-20-15-21(24(34)32-18)33(4)25(35)17-9-7-10-22(23(17)20)37-26(29)30/h7,9-12,14,20-21,26H,6,13,15H2,1-4H3,(H,31,36)/t20-,21-/m1/s1/i4D3. The second-order valence-corrected chi connectivity index (χ2v) is 10.1. The van der Waals surface area contributed by atoms with Gasteiger partial charge in [0.15, 0.2) is 0 Å². The minimum absolute atomic E-state index is 0.00675. The summed E-state index contributed by atoms with van der Waals surface area (Å²) in [5.41, 5.74) is 1.38. The van der Waals surface area contributed by atoms with E-state index in [0.29, 0.717) is 35.4 Å². The van der Waals surface area contributed by atoms with Gasteiger partial charge in [-0.1, -0.05) is 17.9 Å². The lowest BCUT2D eigenvalue weighted by Gasteiger charge is -2.24. The van der Waals surface area contributed by atoms with Crippen molar-refractivity contribution in [1.29, 1.82) is 0 Å². The van der Waals surface area contributed by atoms with Crippen LogP contribution in [0.15, 0.2) is 36.4 Å². The predicted molar refractivity (Wildman–Crippen MR) is 136 cm³/mol. The fraction of sp³-hybridized carbons (Fsp3) is 0.393. The van der Waals surface area contributed by atoms with Crippen molar-refractivity contribution < 1.29 is 32.0 Å². The molecule has 3 aromatic rings. The molecule has 2 aromatic carbocycles. The van der Waals surface area contributed by atoms with Crippen molar-refractivity contribution in [3.05, 3.63) is 58.9 Å². The minimum atomic E-state index is -3.14. The van der Waals surface area contributed by atoms with Gasteiger partial charge in [0.25, 0.3) is 5.91 Å². The van der Waals surface area contributed by atoms with Crippen LogP contribution in [0.2, 0.25) is 0 Å². The SMILES string of the molecule is [2H]C([2H])([2H])N1C(=O)c2cccc(OC(F)F)c2[C@H]2C[C@@H]1c1nc3ccc(C#CCCNC(=O)OC(C)(C)C)cc3n12. The molecule has 5 rings (SSSR count). The van der Waals surface area contributed by atoms with Crippen LogP contribution in [0, 0.1) is 11.8 Å². The number of benzene rings is 2. The molecule has 0 spiro atoms. The van der Waals surface area contributed by atoms with Gasteiger partial charge in [0.1, 0.15) is 17.2 Å². The molecule has 0 fully saturated rings. The molecule has 0 aliphatic carbocycles. The number of hydrogen-bond donors (Lipinski definition) is 1. The zero-order chi connectivity index (χ0) is 29.7. The molecule has 1 aromatic heterocycles. The van der Waals surface area contributed by atoms with Crippen molar-refractivity contribution in [3.8, 4) is 17.6 Å². The predicted octanol–water partition coefficient (Wildman–Crippen LogP) is 5.02. The molecule has 8 nitrogen and oxygen atoms in total. The quantitative estimate of drug-likeness (QED) is 0.382. The normalized spacial score (nSPS) is 19.5. The number of alkyl halides is 2. The van der Waals surface area contributed by atoms with Crippen LogP contribution < -0.4 is 10.1 Å². The van der Waals surface area contributed by atoms with E-state index in [1.54, 1.807) is 43.5 Å². The number of carbonyl (C=O) groups excluding carboxylic acids is 2. The van der Waals surface area contributed by atoms with Crippen LogP contribution in [-0.4, -0.2) is 52.2 Å². The Balaban J connectivity index is 1.52. The average molecular weight is 526 g/mol. The third-order valence-corrected chi connectivity index (χ3v) is 6.30. The second kappa shape index (κ2) is 9.63. The maximum Gasteiger partial charge on any atom is 0.407 e. The third-order valence-electron chi connectivity index (χ3n) is 6.30. The largest absolute Gasteiger partial charge is 0.444 e. The number of imidazole rings is 1. The number of alkyl carbamates (subject to hydrolysis) is 1. The molecular weight excluding hydrogens is 494 g/mol. The van der Waals surface area contributed by atoms with Crippen molar-refractivity contribution >= 4 is 23.0 Å². The summed E-state index contributed by atoms with van der Waals surface area (Å²) in [4.78, 5) is 30.8. The molecule has 2 atom stereocenters. The molecule has 1 N–H and O–H groups in total. The number of carbonyl (C=O) groups is 2. The summed E-state index contributed by atoms with van der Waals surface area (Å²) in [7, 11) is 0. The molecule has 198 valence electrons. The molecule has 38 heavy (non-hydrogen) atoms. The van der Waals surface area contributed by atoms with E-state index in [2.05, 4.69) is 22.1 Å². The highest BCUT2D eigenvalue weighted by Gasteiger charge is 2.45. The second-order valence-electron chi connectivity index (χ2n) is 10.1. The maximum atomic E-state index is 13.5. The van der Waals surface area contributed by atoms with Gasteiger partial charge in [0.05, 0.1) is 23.1 Å². The highest BCUT2D eigenvalue weighted by atomic mass is 19.3. The van der Waals surface area contributed by atoms with Gasteiger partial charge in [0.2, 0.25) is 0 Å². The molecule has 2 bridgehead atoms. The summed E-state index contributed by atoms with van der Waals surface area (Å²) < 4.78 is 62.8. The number of ether oxygens (including phenoxy) is 2. The molecule has 0 radical (unpaired) electrons. The van der Waals surface area contributed by atoms with E-state index in [-0.39, 0.29) is 23.3 Å². The highest BCUT2D eigenvalue weighted by molar-refractivity contribution is 5.97. The van der Waals surface area contributed by atoms with Crippen molar-refractivity contribution in [2.75, 3.05) is 13.5 Å². The Bertz CT molecular complexity index is 1590. The first-order valence-corrected chi connectivity index (χ1v) is 12.1. The fourth-order valence-corrected chi connectivity index (χ4v) is 4.89. The van der Waals surface area contributed by atoms with E-state index in [1.807, 2.05) is 0 Å². The number of hydrogen-bond acceptors (Lipinski definition) is 5. The monoisotopic (exact) mass is 525 g/mol. The van der Waals surface area contributed by atoms with Crippen LogP contribution in [0.3, 0.4) is 0 Å². The molecule has 0 saturated carbocycles. The summed E-state index contributed by atoms with van der Waals surface area (Å²) in [6, 6.07) is 7.86. The smallest absolute Gasteiger partial charge is 0.407 e. The first-order chi connectivity index (χ1) is 19.2. The Morgan fingerprint density at radius 3 is 2.84 bits per heavy atom. The molecule has 2 amide bonds. The van der Waals surface area contributed by atoms with E-state index in [1.165, 1.54) is 18.2 Å². The van der Waals surface area contributed by atoms with Gasteiger partial charge in [-0.25, -0.2) is 9.78 Å². The van der Waals surface area contributed by atoms with Crippen LogP contribution in [0.1, 0.15) is 77.1 Å². The van der Waals surface area contributed by atoms with Gasteiger partial charge in [-0.3, -0.25) is 4.79 Å². The number of fused-ring (bicyclic) bond motifs is 9. The number of nitrogens with zero attached hydrogens (tertiary/aromatic N) is 3. The van der Waals surface area contributed by atoms with Gasteiger partial charge >= 0.3 is 12.7 Å². The minimum Gasteiger partial charge on any atom is -0.444 e. The Kier molecular flexibility index (Phi) is 5.55. The first kappa shape index (κ1) is 21.9. The van der Waals surface area contributed by atoms with Gasteiger partial charge in [-0.05, 0) is 51.1 Å². The Hall–Kier alpha value is -4.13. The van der Waals surface area contributed by atoms with Crippen LogP contribution >= 0.6 is 0 Å². The summed E-state index contributed by atoms with van der Waals surface area (Å²) in [5.74, 6) is 5.41. The molecule has 10 heteroatoms. The van der Waals surface area contributed by atoms with E-state index in [4.69, 9.17) is 13.6 Å². The summed E-state index contributed by atoms with van der Waals surface area (Å²) >= 11 is 0. The molecule has 0 unspecified atom stereocenters. The van der Waals surface area contributed by atoms with Crippen LogP contribution in [0.5, 0.6) is 5.75 Å². The fourth-order valence-electron chi connectivity index (χ4n) is 4.89. The van der Waals surface area contributed by atoms with Crippen molar-refractivity contribution in [2.45, 2.75) is 57.9 Å². The van der Waals surface area contributed by atoms with Crippen molar-refractivity contribution in [3.63, 3.8) is 0 Å². The van der Waals surface area contributed by atoms with E-state index in [9.17, 15) is 18.4 Å². The summed E-state index contributed by atoms with van der Waals surface area (Å²) in [6.07, 6.45) is -0.0348. The molecule has 0 saturated heterocycles. The lowest BCUT2D eigenvalue weighted by molar-refractivity contribution is -0.0507. The van der Waals surface area contributed by atoms with Gasteiger partial charge in [-0.15, -0.1) is 0 Å². The topological polar surface area (TPSA) is 85.7 Å². The van der Waals surface area contributed by atoms with Crippen molar-refractivity contribution in [2.24, 2.45) is 0 Å². The van der Waals surface area contributed by atoms with Gasteiger partial charge in [-0.2, -0.15) is 8.78 Å². The number of halogens is 2. The average Bonchev–Trinajstić information content (AvgIpc) is 3.34. The van der Waals surface area contributed by atoms with Crippen molar-refractivity contribution in [1.82, 2.24) is 19.8 Å². The number of rotatable bonds is 4. The van der Waals surface area contributed by atoms with Crippen LogP contribution in [-0.2, 0) is 4.74 Å². The van der Waals surface area contributed by atoms with E-state index >= 15 is 0 Å². The van der Waals surface area contributed by atoms with Crippen LogP contribution in [0.4, 0.5) is 13.6 Å². The number of aromatic nitrogens is 2. The van der Waals surface area contributed by atoms with E-state index < -0.39 is 43.3 Å². The van der Waals surface area contributed by atoms with Crippen LogP contribution in [0.25, 0.3) is 11.0 Å². The van der Waals surface area contributed by atoms with Gasteiger partial charge in [0, 0.05) is 47.2 Å². The zero-order valence-electron chi connectivity index (χ0n) is 24.0. The lowest BCUT2D eigenvalue weighted by Crippen LogP contribution is -2.32. The molecule has 2 aliphatic rings. The molecular formula is C28H28F2N4O4. The highest BCUT2D eigenvalue weighted by Crippen LogP contribution is 2.49. The van der Waals surface area contributed by atoms with Gasteiger partial charge < -0.3 is 24.3 Å². The summed E-state index contributed by atoms with van der Waals surface area (Å²) in [5, 5.41) is 2.64. The molecule has 2 aliphatic heterocycles. The number of nitrogens with one attached hydrogen (secondary N) is 1. The Labute approximate surface area is 223 Å². The Morgan fingerprint density at radius 1 is 1.29 bits per heavy atom. The number of amides is 2.